The van der Waals surface area contributed by atoms with Crippen LogP contribution in [-0.4, -0.2) is 39.6 Å². The van der Waals surface area contributed by atoms with Crippen molar-refractivity contribution < 1.29 is 18.9 Å². The Morgan fingerprint density at radius 3 is 1.11 bits per heavy atom. The fourth-order valence-electron chi connectivity index (χ4n) is 5.96. The van der Waals surface area contributed by atoms with Gasteiger partial charge in [-0.2, -0.15) is 0 Å². The second kappa shape index (κ2) is 27.2. The molecule has 258 valence electrons. The zero-order chi connectivity index (χ0) is 31.6. The molecule has 0 aromatic carbocycles. The van der Waals surface area contributed by atoms with Crippen molar-refractivity contribution in [2.45, 2.75) is 168 Å². The minimum atomic E-state index is -0.302. The highest BCUT2D eigenvalue weighted by Crippen LogP contribution is 2.50. The topological polar surface area (TPSA) is 36.9 Å². The number of hydrogen-bond donors (Lipinski definition) is 0. The summed E-state index contributed by atoms with van der Waals surface area (Å²) >= 11 is 8.87. The number of ether oxygens (including phenoxy) is 4. The third kappa shape index (κ3) is 18.5. The van der Waals surface area contributed by atoms with E-state index in [0.717, 1.165) is 45.1 Å². The van der Waals surface area contributed by atoms with Crippen molar-refractivity contribution in [3.63, 3.8) is 0 Å². The van der Waals surface area contributed by atoms with Gasteiger partial charge in [0, 0.05) is 13.2 Å². The van der Waals surface area contributed by atoms with Crippen molar-refractivity contribution in [2.75, 3.05) is 39.6 Å². The van der Waals surface area contributed by atoms with Gasteiger partial charge >= 0.3 is 0 Å². The van der Waals surface area contributed by atoms with Gasteiger partial charge in [0.15, 0.2) is 11.5 Å². The maximum absolute atomic E-state index is 6.30. The van der Waals surface area contributed by atoms with Crippen LogP contribution < -0.4 is 9.47 Å². The van der Waals surface area contributed by atoms with Gasteiger partial charge < -0.3 is 18.9 Å². The molecule has 0 amide bonds. The Labute approximate surface area is 292 Å². The van der Waals surface area contributed by atoms with E-state index in [0.29, 0.717) is 26.4 Å². The molecular weight excluding hydrogens is 700 g/mol. The lowest BCUT2D eigenvalue weighted by Gasteiger charge is -2.30. The molecule has 44 heavy (non-hydrogen) atoms. The summed E-state index contributed by atoms with van der Waals surface area (Å²) in [4.78, 5) is 0. The summed E-state index contributed by atoms with van der Waals surface area (Å²) in [5, 5.41) is 0. The normalized spacial score (nSPS) is 14.3. The van der Waals surface area contributed by atoms with Gasteiger partial charge in [0.25, 0.3) is 0 Å². The van der Waals surface area contributed by atoms with Crippen LogP contribution in [0.1, 0.15) is 168 Å². The van der Waals surface area contributed by atoms with Crippen LogP contribution in [0.4, 0.5) is 0 Å². The van der Waals surface area contributed by atoms with Crippen LogP contribution in [0.5, 0.6) is 11.5 Å². The Hall–Kier alpha value is 0.180. The second-order valence-electron chi connectivity index (χ2n) is 13.3. The quantitative estimate of drug-likeness (QED) is 0.0731. The Morgan fingerprint density at radius 1 is 0.500 bits per heavy atom. The number of rotatable bonds is 30. The predicted octanol–water partition coefficient (Wildman–Crippen LogP) is 13.5. The first-order chi connectivity index (χ1) is 21.6. The van der Waals surface area contributed by atoms with Crippen molar-refractivity contribution in [3.8, 4) is 11.5 Å². The van der Waals surface area contributed by atoms with Crippen LogP contribution in [-0.2, 0) is 9.47 Å². The van der Waals surface area contributed by atoms with Gasteiger partial charge in [-0.3, -0.25) is 0 Å². The number of thiophene rings is 1. The average Bonchev–Trinajstić information content (AvgIpc) is 3.17. The number of unbranched alkanes of at least 4 members (excludes halogenated alkanes) is 22. The van der Waals surface area contributed by atoms with E-state index >= 15 is 0 Å². The van der Waals surface area contributed by atoms with Crippen LogP contribution in [0, 0.1) is 5.41 Å². The summed E-state index contributed by atoms with van der Waals surface area (Å²) in [6.45, 7) is 8.46. The van der Waals surface area contributed by atoms with Crippen LogP contribution in [0.15, 0.2) is 7.57 Å². The fourth-order valence-corrected chi connectivity index (χ4v) is 8.82. The van der Waals surface area contributed by atoms with Crippen molar-refractivity contribution in [1.82, 2.24) is 0 Å². The van der Waals surface area contributed by atoms with E-state index in [4.69, 9.17) is 18.9 Å². The van der Waals surface area contributed by atoms with Crippen LogP contribution in [0.25, 0.3) is 0 Å². The van der Waals surface area contributed by atoms with Crippen molar-refractivity contribution in [1.29, 1.82) is 0 Å². The number of halogens is 2. The van der Waals surface area contributed by atoms with Gasteiger partial charge in [0.05, 0.1) is 18.6 Å². The summed E-state index contributed by atoms with van der Waals surface area (Å²) in [7, 11) is 0. The van der Waals surface area contributed by atoms with E-state index in [1.165, 1.54) is 141 Å². The summed E-state index contributed by atoms with van der Waals surface area (Å²) in [6, 6.07) is 0. The molecular formula is C37H66Br2O4S. The molecule has 4 nitrogen and oxygen atoms in total. The summed E-state index contributed by atoms with van der Waals surface area (Å²) in [5.41, 5.74) is -0.302. The Kier molecular flexibility index (Phi) is 24.9. The molecule has 1 aliphatic heterocycles. The van der Waals surface area contributed by atoms with Gasteiger partial charge in [-0.1, -0.05) is 155 Å². The third-order valence-corrected chi connectivity index (χ3v) is 11.3. The van der Waals surface area contributed by atoms with E-state index in [-0.39, 0.29) is 5.41 Å². The standard InChI is InChI=1S/C37H66Br2O4S/c1-3-5-7-9-11-13-15-17-19-21-23-25-27-40-29-37(31-42-33-34(43-32-37)36(39)44-35(33)38)30-41-28-26-24-22-20-18-16-14-12-10-8-6-4-2/h3-32H2,1-2H3. The smallest absolute Gasteiger partial charge is 0.187 e. The van der Waals surface area contributed by atoms with E-state index in [1.807, 2.05) is 0 Å². The van der Waals surface area contributed by atoms with Crippen LogP contribution in [0.2, 0.25) is 0 Å². The van der Waals surface area contributed by atoms with E-state index in [2.05, 4.69) is 45.7 Å². The zero-order valence-corrected chi connectivity index (χ0v) is 32.5. The highest BCUT2D eigenvalue weighted by Gasteiger charge is 2.38. The molecule has 2 rings (SSSR count). The fraction of sp³-hybridized carbons (Fsp3) is 0.892. The molecule has 0 unspecified atom stereocenters. The molecule has 0 N–H and O–H groups in total. The first-order valence-electron chi connectivity index (χ1n) is 18.5. The zero-order valence-electron chi connectivity index (χ0n) is 28.5. The van der Waals surface area contributed by atoms with Crippen LogP contribution in [0.3, 0.4) is 0 Å². The van der Waals surface area contributed by atoms with Gasteiger partial charge in [0.1, 0.15) is 20.8 Å². The number of hydrogen-bond acceptors (Lipinski definition) is 5. The molecule has 1 aromatic rings. The van der Waals surface area contributed by atoms with Crippen LogP contribution >= 0.6 is 43.2 Å². The second-order valence-corrected chi connectivity index (χ2v) is 16.9. The first-order valence-corrected chi connectivity index (χ1v) is 20.9. The van der Waals surface area contributed by atoms with E-state index < -0.39 is 0 Å². The average molecular weight is 767 g/mol. The molecule has 0 bridgehead atoms. The minimum absolute atomic E-state index is 0.302. The lowest BCUT2D eigenvalue weighted by molar-refractivity contribution is -0.0606. The molecule has 1 aromatic heterocycles. The molecule has 1 aliphatic rings. The SMILES string of the molecule is CCCCCCCCCCCCCCOCC1(COCCCCCCCCCCCCCC)COc2c(Br)sc(Br)c2OC1. The lowest BCUT2D eigenvalue weighted by Crippen LogP contribution is -2.42. The van der Waals surface area contributed by atoms with Gasteiger partial charge in [0.2, 0.25) is 0 Å². The highest BCUT2D eigenvalue weighted by molar-refractivity contribution is 9.12. The van der Waals surface area contributed by atoms with Gasteiger partial charge in [-0.25, -0.2) is 0 Å². The maximum atomic E-state index is 6.30. The predicted molar refractivity (Wildman–Crippen MR) is 197 cm³/mol. The Balaban J connectivity index is 1.59. The Morgan fingerprint density at radius 2 is 0.795 bits per heavy atom. The molecule has 0 aliphatic carbocycles. The molecule has 7 heteroatoms. The third-order valence-electron chi connectivity index (χ3n) is 8.89. The van der Waals surface area contributed by atoms with Gasteiger partial charge in [-0.15, -0.1) is 11.3 Å². The summed E-state index contributed by atoms with van der Waals surface area (Å²) < 4.78 is 27.1. The van der Waals surface area contributed by atoms with Crippen molar-refractivity contribution >= 4 is 43.2 Å². The van der Waals surface area contributed by atoms with Gasteiger partial charge in [-0.05, 0) is 44.7 Å². The molecule has 0 radical (unpaired) electrons. The molecule has 0 saturated carbocycles. The molecule has 0 spiro atoms. The van der Waals surface area contributed by atoms with E-state index in [9.17, 15) is 0 Å². The Bertz CT molecular complexity index is 740. The minimum Gasteiger partial charge on any atom is -0.487 e. The number of fused-ring (bicyclic) bond motifs is 1. The summed E-state index contributed by atoms with van der Waals surface area (Å²) in [5.74, 6) is 1.59. The molecule has 2 heterocycles. The molecule has 0 fully saturated rings. The first kappa shape index (κ1) is 40.4. The summed E-state index contributed by atoms with van der Waals surface area (Å²) in [6.07, 6.45) is 32.6. The maximum Gasteiger partial charge on any atom is 0.187 e. The van der Waals surface area contributed by atoms with Crippen molar-refractivity contribution in [3.05, 3.63) is 7.57 Å². The molecule has 0 atom stereocenters. The largest absolute Gasteiger partial charge is 0.487 e. The monoisotopic (exact) mass is 764 g/mol. The van der Waals surface area contributed by atoms with E-state index in [1.54, 1.807) is 11.3 Å². The highest BCUT2D eigenvalue weighted by atomic mass is 79.9. The molecule has 0 saturated heterocycles. The lowest BCUT2D eigenvalue weighted by atomic mass is 9.92. The van der Waals surface area contributed by atoms with Crippen molar-refractivity contribution in [2.24, 2.45) is 5.41 Å².